The highest BCUT2D eigenvalue weighted by Gasteiger charge is 2.25. The van der Waals surface area contributed by atoms with Gasteiger partial charge < -0.3 is 19.7 Å². The summed E-state index contributed by atoms with van der Waals surface area (Å²) in [6.07, 6.45) is -0.0169. The molecular weight excluding hydrogens is 360 g/mol. The van der Waals surface area contributed by atoms with Crippen LogP contribution in [-0.4, -0.2) is 37.5 Å². The molecule has 0 unspecified atom stereocenters. The molecule has 28 heavy (non-hydrogen) atoms. The average Bonchev–Trinajstić information content (AvgIpc) is 2.68. The monoisotopic (exact) mass is 382 g/mol. The van der Waals surface area contributed by atoms with Crippen LogP contribution in [0.25, 0.3) is 0 Å². The van der Waals surface area contributed by atoms with Crippen molar-refractivity contribution >= 4 is 29.2 Å². The van der Waals surface area contributed by atoms with Crippen molar-refractivity contribution in [3.63, 3.8) is 0 Å². The third-order valence-electron chi connectivity index (χ3n) is 4.50. The molecule has 1 N–H and O–H groups in total. The third kappa shape index (κ3) is 4.68. The molecule has 1 aliphatic rings. The molecule has 0 spiro atoms. The van der Waals surface area contributed by atoms with Crippen LogP contribution in [0.2, 0.25) is 0 Å². The molecule has 0 saturated carbocycles. The largest absolute Gasteiger partial charge is 0.482 e. The molecule has 3 rings (SSSR count). The molecular formula is C21H22N2O5. The number of rotatable bonds is 6. The number of nitrogens with one attached hydrogen (secondary N) is 1. The van der Waals surface area contributed by atoms with Crippen LogP contribution in [0.5, 0.6) is 5.75 Å². The second kappa shape index (κ2) is 8.56. The summed E-state index contributed by atoms with van der Waals surface area (Å²) in [4.78, 5) is 37.5. The highest BCUT2D eigenvalue weighted by molar-refractivity contribution is 5.98. The normalized spacial score (nSPS) is 12.8. The van der Waals surface area contributed by atoms with Crippen LogP contribution < -0.4 is 15.0 Å². The smallest absolute Gasteiger partial charge is 0.308 e. The summed E-state index contributed by atoms with van der Waals surface area (Å²) in [6.45, 7) is 3.66. The second-order valence-electron chi connectivity index (χ2n) is 6.56. The number of para-hydroxylation sites is 2. The predicted octanol–water partition coefficient (Wildman–Crippen LogP) is 2.60. The van der Waals surface area contributed by atoms with Crippen molar-refractivity contribution in [1.82, 2.24) is 0 Å². The van der Waals surface area contributed by atoms with Gasteiger partial charge in [-0.3, -0.25) is 14.4 Å². The average molecular weight is 382 g/mol. The topological polar surface area (TPSA) is 84.9 Å². The Hall–Kier alpha value is -3.35. The predicted molar refractivity (Wildman–Crippen MR) is 104 cm³/mol. The first-order chi connectivity index (χ1) is 13.4. The number of hydrogen-bond donors (Lipinski definition) is 1. The second-order valence-corrected chi connectivity index (χ2v) is 6.56. The van der Waals surface area contributed by atoms with Crippen LogP contribution in [0.1, 0.15) is 17.5 Å². The first kappa shape index (κ1) is 19.4. The fourth-order valence-electron chi connectivity index (χ4n) is 2.84. The quantitative estimate of drug-likeness (QED) is 0.777. The van der Waals surface area contributed by atoms with E-state index in [2.05, 4.69) is 5.32 Å². The fourth-order valence-corrected chi connectivity index (χ4v) is 2.84. The lowest BCUT2D eigenvalue weighted by Gasteiger charge is -2.28. The molecule has 0 aliphatic carbocycles. The number of aryl methyl sites for hydroxylation is 2. The Morgan fingerprint density at radius 2 is 1.93 bits per heavy atom. The number of anilines is 2. The summed E-state index contributed by atoms with van der Waals surface area (Å²) < 4.78 is 10.4. The molecule has 2 aromatic rings. The van der Waals surface area contributed by atoms with Crippen molar-refractivity contribution in [2.75, 3.05) is 30.0 Å². The number of nitrogens with zero attached hydrogens (tertiary/aromatic N) is 1. The minimum Gasteiger partial charge on any atom is -0.482 e. The van der Waals surface area contributed by atoms with Gasteiger partial charge in [0.15, 0.2) is 13.2 Å². The first-order valence-corrected chi connectivity index (χ1v) is 8.99. The van der Waals surface area contributed by atoms with Gasteiger partial charge in [-0.25, -0.2) is 0 Å². The highest BCUT2D eigenvalue weighted by atomic mass is 16.5. The number of esters is 1. The highest BCUT2D eigenvalue weighted by Crippen LogP contribution is 2.31. The molecule has 2 aromatic carbocycles. The Morgan fingerprint density at radius 1 is 1.14 bits per heavy atom. The molecule has 0 saturated heterocycles. The molecule has 0 fully saturated rings. The Kier molecular flexibility index (Phi) is 5.93. The molecule has 2 amide bonds. The van der Waals surface area contributed by atoms with E-state index in [1.54, 1.807) is 24.3 Å². The number of fused-ring (bicyclic) bond motifs is 1. The van der Waals surface area contributed by atoms with Crippen LogP contribution in [-0.2, 0) is 19.1 Å². The molecule has 1 aliphatic heterocycles. The number of hydrogen-bond acceptors (Lipinski definition) is 5. The molecule has 0 aromatic heterocycles. The van der Waals surface area contributed by atoms with Crippen LogP contribution in [0.15, 0.2) is 42.5 Å². The maximum absolute atomic E-state index is 12.1. The van der Waals surface area contributed by atoms with Gasteiger partial charge in [-0.2, -0.15) is 0 Å². The van der Waals surface area contributed by atoms with Gasteiger partial charge in [0.2, 0.25) is 0 Å². The maximum atomic E-state index is 12.1. The van der Waals surface area contributed by atoms with Crippen LogP contribution in [0.4, 0.5) is 11.4 Å². The van der Waals surface area contributed by atoms with Crippen molar-refractivity contribution in [3.05, 3.63) is 53.6 Å². The van der Waals surface area contributed by atoms with Gasteiger partial charge in [0.1, 0.15) is 5.75 Å². The van der Waals surface area contributed by atoms with E-state index in [1.807, 2.05) is 32.0 Å². The molecule has 0 atom stereocenters. The van der Waals surface area contributed by atoms with Crippen molar-refractivity contribution in [1.29, 1.82) is 0 Å². The molecule has 0 bridgehead atoms. The van der Waals surface area contributed by atoms with E-state index >= 15 is 0 Å². The third-order valence-corrected chi connectivity index (χ3v) is 4.50. The summed E-state index contributed by atoms with van der Waals surface area (Å²) in [5, 5.41) is 2.69. The van der Waals surface area contributed by atoms with E-state index in [1.165, 1.54) is 4.90 Å². The molecule has 0 radical (unpaired) electrons. The zero-order valence-corrected chi connectivity index (χ0v) is 15.9. The van der Waals surface area contributed by atoms with Crippen LogP contribution in [0, 0.1) is 13.8 Å². The van der Waals surface area contributed by atoms with Gasteiger partial charge in [0, 0.05) is 12.2 Å². The van der Waals surface area contributed by atoms with Crippen LogP contribution in [0.3, 0.4) is 0 Å². The van der Waals surface area contributed by atoms with Gasteiger partial charge in [-0.15, -0.1) is 0 Å². The van der Waals surface area contributed by atoms with Crippen LogP contribution >= 0.6 is 0 Å². The summed E-state index contributed by atoms with van der Waals surface area (Å²) in [7, 11) is 0. The summed E-state index contributed by atoms with van der Waals surface area (Å²) >= 11 is 0. The van der Waals surface area contributed by atoms with E-state index in [9.17, 15) is 14.4 Å². The lowest BCUT2D eigenvalue weighted by Crippen LogP contribution is -2.40. The van der Waals surface area contributed by atoms with E-state index in [-0.39, 0.29) is 32.1 Å². The maximum Gasteiger partial charge on any atom is 0.308 e. The molecule has 1 heterocycles. The molecule has 7 heteroatoms. The van der Waals surface area contributed by atoms with Crippen molar-refractivity contribution in [2.24, 2.45) is 0 Å². The van der Waals surface area contributed by atoms with Gasteiger partial charge in [-0.1, -0.05) is 18.2 Å². The Bertz CT molecular complexity index is 909. The minimum atomic E-state index is -0.549. The van der Waals surface area contributed by atoms with Gasteiger partial charge in [-0.05, 0) is 49.2 Å². The Labute approximate surface area is 163 Å². The number of benzene rings is 2. The Morgan fingerprint density at radius 3 is 2.71 bits per heavy atom. The van der Waals surface area contributed by atoms with Crippen molar-refractivity contribution in [2.45, 2.75) is 20.3 Å². The molecule has 146 valence electrons. The molecule has 7 nitrogen and oxygen atoms in total. The van der Waals surface area contributed by atoms with Gasteiger partial charge in [0.25, 0.3) is 11.8 Å². The van der Waals surface area contributed by atoms with Gasteiger partial charge in [0.05, 0.1) is 12.1 Å². The number of carbonyl (C=O) groups excluding carboxylic acids is 3. The number of amides is 2. The van der Waals surface area contributed by atoms with E-state index in [0.717, 1.165) is 11.1 Å². The number of carbonyl (C=O) groups is 3. The van der Waals surface area contributed by atoms with Crippen molar-refractivity contribution < 1.29 is 23.9 Å². The zero-order valence-electron chi connectivity index (χ0n) is 15.9. The van der Waals surface area contributed by atoms with Crippen molar-refractivity contribution in [3.8, 4) is 5.75 Å². The summed E-state index contributed by atoms with van der Waals surface area (Å²) in [5.41, 5.74) is 3.47. The summed E-state index contributed by atoms with van der Waals surface area (Å²) in [6, 6.07) is 12.7. The Balaban J connectivity index is 1.47. The van der Waals surface area contributed by atoms with Gasteiger partial charge >= 0.3 is 5.97 Å². The lowest BCUT2D eigenvalue weighted by atomic mass is 10.1. The lowest BCUT2D eigenvalue weighted by molar-refractivity contribution is -0.147. The number of ether oxygens (including phenoxy) is 2. The SMILES string of the molecule is Cc1ccc(NC(=O)COC(=O)CCN2C(=O)COc3ccccc32)cc1C. The first-order valence-electron chi connectivity index (χ1n) is 8.99. The zero-order chi connectivity index (χ0) is 20.1. The minimum absolute atomic E-state index is 0.0169. The fraction of sp³-hybridized carbons (Fsp3) is 0.286. The van der Waals surface area contributed by atoms with E-state index < -0.39 is 11.9 Å². The standard InChI is InChI=1S/C21H22N2O5/c1-14-7-8-16(11-15(14)2)22-19(24)12-28-21(26)9-10-23-17-5-3-4-6-18(17)27-13-20(23)25/h3-8,11H,9-10,12-13H2,1-2H3,(H,22,24). The van der Waals surface area contributed by atoms with E-state index in [0.29, 0.717) is 17.1 Å². The van der Waals surface area contributed by atoms with E-state index in [4.69, 9.17) is 9.47 Å². The summed E-state index contributed by atoms with van der Waals surface area (Å²) in [5.74, 6) is -0.585.